The summed E-state index contributed by atoms with van der Waals surface area (Å²) in [6.45, 7) is 1.60. The maximum Gasteiger partial charge on any atom is 0.390 e. The van der Waals surface area contributed by atoms with Crippen molar-refractivity contribution in [3.63, 3.8) is 0 Å². The zero-order valence-electron chi connectivity index (χ0n) is 13.0. The Morgan fingerprint density at radius 2 is 1.96 bits per heavy atom. The summed E-state index contributed by atoms with van der Waals surface area (Å²) in [5.41, 5.74) is 0. The molecule has 0 radical (unpaired) electrons. The van der Waals surface area contributed by atoms with Gasteiger partial charge in [0.25, 0.3) is 0 Å². The summed E-state index contributed by atoms with van der Waals surface area (Å²) in [5.74, 6) is 0. The number of hydrogen-bond acceptors (Lipinski definition) is 3. The van der Waals surface area contributed by atoms with Crippen molar-refractivity contribution in [2.45, 2.75) is 35.6 Å². The normalized spacial score (nSPS) is 17.5. The number of piperidine rings is 1. The van der Waals surface area contributed by atoms with E-state index in [1.165, 1.54) is 4.90 Å². The van der Waals surface area contributed by atoms with Crippen LogP contribution in [0.1, 0.15) is 19.3 Å². The van der Waals surface area contributed by atoms with E-state index in [4.69, 9.17) is 0 Å². The minimum absolute atomic E-state index is 0.119. The van der Waals surface area contributed by atoms with E-state index in [0.717, 1.165) is 41.2 Å². The lowest BCUT2D eigenvalue weighted by Crippen LogP contribution is -2.36. The third-order valence-electron chi connectivity index (χ3n) is 4.23. The molecule has 0 bridgehead atoms. The van der Waals surface area contributed by atoms with Crippen molar-refractivity contribution >= 4 is 38.5 Å². The molecule has 2 aromatic rings. The Hall–Kier alpha value is -0.790. The molecule has 0 unspecified atom stereocenters. The van der Waals surface area contributed by atoms with Crippen molar-refractivity contribution < 1.29 is 13.2 Å². The molecule has 0 atom stereocenters. The highest BCUT2D eigenvalue weighted by Gasteiger charge is 2.29. The second kappa shape index (κ2) is 7.62. The van der Waals surface area contributed by atoms with Gasteiger partial charge >= 0.3 is 6.18 Å². The van der Waals surface area contributed by atoms with Crippen molar-refractivity contribution in [2.24, 2.45) is 0 Å². The number of benzene rings is 1. The van der Waals surface area contributed by atoms with E-state index >= 15 is 0 Å². The molecule has 7 heteroatoms. The maximum absolute atomic E-state index is 12.3. The largest absolute Gasteiger partial charge is 0.390 e. The molecule has 0 N–H and O–H groups in total. The van der Waals surface area contributed by atoms with E-state index in [2.05, 4.69) is 33.0 Å². The Morgan fingerprint density at radius 1 is 1.21 bits per heavy atom. The predicted molar refractivity (Wildman–Crippen MR) is 95.4 cm³/mol. The number of alkyl halides is 3. The summed E-state index contributed by atoms with van der Waals surface area (Å²) < 4.78 is 38.0. The zero-order valence-corrected chi connectivity index (χ0v) is 15.4. The molecule has 2 heterocycles. The number of nitrogens with zero attached hydrogens (tertiary/aromatic N) is 2. The zero-order chi connectivity index (χ0) is 17.2. The highest BCUT2D eigenvalue weighted by Crippen LogP contribution is 2.37. The quantitative estimate of drug-likeness (QED) is 0.651. The fourth-order valence-corrected chi connectivity index (χ4v) is 4.71. The molecule has 0 amide bonds. The second-order valence-corrected chi connectivity index (χ2v) is 8.23. The van der Waals surface area contributed by atoms with Crippen LogP contribution in [0.2, 0.25) is 0 Å². The summed E-state index contributed by atoms with van der Waals surface area (Å²) >= 11 is 5.43. The van der Waals surface area contributed by atoms with Crippen molar-refractivity contribution in [1.82, 2.24) is 9.88 Å². The Kier molecular flexibility index (Phi) is 5.72. The van der Waals surface area contributed by atoms with Crippen LogP contribution >= 0.6 is 27.7 Å². The second-order valence-electron chi connectivity index (χ2n) is 6.03. The third kappa shape index (κ3) is 4.86. The highest BCUT2D eigenvalue weighted by molar-refractivity contribution is 9.10. The lowest BCUT2D eigenvalue weighted by molar-refractivity contribution is -0.138. The minimum atomic E-state index is -4.06. The smallest absolute Gasteiger partial charge is 0.303 e. The summed E-state index contributed by atoms with van der Waals surface area (Å²) in [7, 11) is 0. The molecule has 1 aromatic carbocycles. The summed E-state index contributed by atoms with van der Waals surface area (Å²) in [4.78, 5) is 7.23. The standard InChI is InChI=1S/C17H18BrF3N2S/c18-15-9-13-11-22-5-1-12(13)10-16(15)24-14-2-6-23(7-3-14)8-4-17(19,20)21/h1,5,9-11,14H,2-4,6-8H2. The molecule has 3 rings (SSSR count). The molecule has 130 valence electrons. The van der Waals surface area contributed by atoms with E-state index in [-0.39, 0.29) is 6.54 Å². The van der Waals surface area contributed by atoms with Crippen LogP contribution in [0.4, 0.5) is 13.2 Å². The molecule has 1 aliphatic rings. The topological polar surface area (TPSA) is 16.1 Å². The number of fused-ring (bicyclic) bond motifs is 1. The minimum Gasteiger partial charge on any atom is -0.303 e. The predicted octanol–water partition coefficient (Wildman–Crippen LogP) is 5.51. The summed E-state index contributed by atoms with van der Waals surface area (Å²) in [5, 5.41) is 2.69. The number of aromatic nitrogens is 1. The Morgan fingerprint density at radius 3 is 2.67 bits per heavy atom. The average Bonchev–Trinajstić information content (AvgIpc) is 2.54. The van der Waals surface area contributed by atoms with Gasteiger partial charge < -0.3 is 4.90 Å². The number of pyridine rings is 1. The number of hydrogen-bond donors (Lipinski definition) is 0. The van der Waals surface area contributed by atoms with Crippen molar-refractivity contribution in [1.29, 1.82) is 0 Å². The Bertz CT molecular complexity index is 700. The molecule has 1 saturated heterocycles. The number of halogens is 4. The van der Waals surface area contributed by atoms with Crippen LogP contribution in [0.15, 0.2) is 40.0 Å². The van der Waals surface area contributed by atoms with Gasteiger partial charge in [-0.1, -0.05) is 0 Å². The van der Waals surface area contributed by atoms with Crippen LogP contribution in [0.5, 0.6) is 0 Å². The first-order chi connectivity index (χ1) is 11.4. The number of rotatable bonds is 4. The molecule has 1 fully saturated rings. The SMILES string of the molecule is FC(F)(F)CCN1CCC(Sc2cc3ccncc3cc2Br)CC1. The van der Waals surface area contributed by atoms with Gasteiger partial charge in [-0.05, 0) is 65.4 Å². The molecule has 1 aromatic heterocycles. The van der Waals surface area contributed by atoms with Gasteiger partial charge in [0.15, 0.2) is 0 Å². The molecular weight excluding hydrogens is 401 g/mol. The fourth-order valence-electron chi connectivity index (χ4n) is 2.89. The Labute approximate surface area is 151 Å². The lowest BCUT2D eigenvalue weighted by Gasteiger charge is -2.32. The van der Waals surface area contributed by atoms with Crippen LogP contribution < -0.4 is 0 Å². The van der Waals surface area contributed by atoms with Gasteiger partial charge in [-0.2, -0.15) is 13.2 Å². The average molecular weight is 419 g/mol. The van der Waals surface area contributed by atoms with E-state index in [1.54, 1.807) is 6.20 Å². The van der Waals surface area contributed by atoms with Crippen molar-refractivity contribution in [3.8, 4) is 0 Å². The van der Waals surface area contributed by atoms with Crippen LogP contribution in [0.3, 0.4) is 0 Å². The van der Waals surface area contributed by atoms with Gasteiger partial charge in [0.2, 0.25) is 0 Å². The molecule has 0 saturated carbocycles. The van der Waals surface area contributed by atoms with Gasteiger partial charge in [0.1, 0.15) is 0 Å². The van der Waals surface area contributed by atoms with Crippen LogP contribution in [-0.4, -0.2) is 40.9 Å². The monoisotopic (exact) mass is 418 g/mol. The fraction of sp³-hybridized carbons (Fsp3) is 0.471. The molecule has 24 heavy (non-hydrogen) atoms. The number of thioether (sulfide) groups is 1. The molecule has 0 aliphatic carbocycles. The molecule has 1 aliphatic heterocycles. The van der Waals surface area contributed by atoms with Crippen LogP contribution in [-0.2, 0) is 0 Å². The molecular formula is C17H18BrF3N2S. The van der Waals surface area contributed by atoms with Crippen molar-refractivity contribution in [3.05, 3.63) is 35.1 Å². The van der Waals surface area contributed by atoms with E-state index < -0.39 is 12.6 Å². The first kappa shape index (κ1) is 18.0. The van der Waals surface area contributed by atoms with Crippen molar-refractivity contribution in [2.75, 3.05) is 19.6 Å². The van der Waals surface area contributed by atoms with E-state index in [1.807, 2.05) is 28.9 Å². The Balaban J connectivity index is 1.57. The van der Waals surface area contributed by atoms with E-state index in [9.17, 15) is 13.2 Å². The van der Waals surface area contributed by atoms with Gasteiger partial charge in [0, 0.05) is 38.9 Å². The highest BCUT2D eigenvalue weighted by atomic mass is 79.9. The first-order valence-corrected chi connectivity index (χ1v) is 9.57. The first-order valence-electron chi connectivity index (χ1n) is 7.90. The van der Waals surface area contributed by atoms with Crippen LogP contribution in [0.25, 0.3) is 10.8 Å². The van der Waals surface area contributed by atoms with Gasteiger partial charge in [-0.3, -0.25) is 4.98 Å². The number of likely N-dealkylation sites (tertiary alicyclic amines) is 1. The van der Waals surface area contributed by atoms with Crippen LogP contribution in [0, 0.1) is 0 Å². The van der Waals surface area contributed by atoms with Gasteiger partial charge in [-0.15, -0.1) is 11.8 Å². The van der Waals surface area contributed by atoms with Gasteiger partial charge in [-0.25, -0.2) is 0 Å². The summed E-state index contributed by atoms with van der Waals surface area (Å²) in [6.07, 6.45) is 0.690. The third-order valence-corrected chi connectivity index (χ3v) is 6.55. The van der Waals surface area contributed by atoms with E-state index in [0.29, 0.717) is 5.25 Å². The molecule has 2 nitrogen and oxygen atoms in total. The van der Waals surface area contributed by atoms with Gasteiger partial charge in [0.05, 0.1) is 6.42 Å². The lowest BCUT2D eigenvalue weighted by atomic mass is 10.1. The maximum atomic E-state index is 12.3. The molecule has 0 spiro atoms. The summed E-state index contributed by atoms with van der Waals surface area (Å²) in [6, 6.07) is 6.22.